The lowest BCUT2D eigenvalue weighted by atomic mass is 9.90. The third-order valence-electron chi connectivity index (χ3n) is 4.20. The lowest BCUT2D eigenvalue weighted by Gasteiger charge is -2.17. The highest BCUT2D eigenvalue weighted by molar-refractivity contribution is 7.16. The van der Waals surface area contributed by atoms with Gasteiger partial charge in [-0.3, -0.25) is 10.2 Å². The number of aryl methyl sites for hydroxylation is 1. The van der Waals surface area contributed by atoms with Gasteiger partial charge in [0.1, 0.15) is 0 Å². The fourth-order valence-electron chi connectivity index (χ4n) is 2.83. The van der Waals surface area contributed by atoms with Gasteiger partial charge in [0, 0.05) is 16.8 Å². The van der Waals surface area contributed by atoms with E-state index in [1.54, 1.807) is 13.1 Å². The van der Waals surface area contributed by atoms with E-state index in [1.165, 1.54) is 44.4 Å². The van der Waals surface area contributed by atoms with Gasteiger partial charge in [-0.2, -0.15) is 0 Å². The Hall–Kier alpha value is -1.57. The number of amides is 3. The van der Waals surface area contributed by atoms with Crippen LogP contribution in [-0.4, -0.2) is 23.9 Å². The van der Waals surface area contributed by atoms with Crippen molar-refractivity contribution >= 4 is 46.2 Å². The van der Waals surface area contributed by atoms with Gasteiger partial charge in [0.25, 0.3) is 5.91 Å². The third kappa shape index (κ3) is 4.54. The Balaban J connectivity index is 1.52. The zero-order valence-electron chi connectivity index (χ0n) is 14.1. The van der Waals surface area contributed by atoms with Crippen molar-refractivity contribution in [2.24, 2.45) is 5.92 Å². The molecule has 25 heavy (non-hydrogen) atoms. The summed E-state index contributed by atoms with van der Waals surface area (Å²) < 4.78 is 0.688. The van der Waals surface area contributed by atoms with Crippen LogP contribution in [0.3, 0.4) is 0 Å². The van der Waals surface area contributed by atoms with Crippen LogP contribution in [0.15, 0.2) is 18.2 Å². The maximum atomic E-state index is 12.3. The van der Waals surface area contributed by atoms with Crippen molar-refractivity contribution in [2.75, 3.05) is 7.05 Å². The molecule has 2 aromatic heterocycles. The molecule has 5 nitrogen and oxygen atoms in total. The van der Waals surface area contributed by atoms with Crippen LogP contribution in [0.4, 0.5) is 4.79 Å². The van der Waals surface area contributed by atoms with E-state index in [4.69, 9.17) is 11.6 Å². The van der Waals surface area contributed by atoms with Gasteiger partial charge in [-0.05, 0) is 48.9 Å². The second-order valence-corrected chi connectivity index (χ2v) is 9.29. The second kappa shape index (κ2) is 7.76. The molecule has 1 atom stereocenters. The number of nitrogens with zero attached hydrogens (tertiary/aromatic N) is 1. The predicted octanol–water partition coefficient (Wildman–Crippen LogP) is 4.07. The molecule has 2 N–H and O–H groups in total. The van der Waals surface area contributed by atoms with Crippen molar-refractivity contribution in [3.05, 3.63) is 42.7 Å². The topological polar surface area (TPSA) is 61.4 Å². The minimum absolute atomic E-state index is 0.270. The lowest BCUT2D eigenvalue weighted by molar-refractivity contribution is 0.0935. The molecule has 3 amide bonds. The molecular weight excluding hydrogens is 378 g/mol. The molecule has 0 saturated carbocycles. The highest BCUT2D eigenvalue weighted by atomic mass is 35.5. The molecule has 0 fully saturated rings. The van der Waals surface area contributed by atoms with Crippen LogP contribution in [0.2, 0.25) is 4.34 Å². The van der Waals surface area contributed by atoms with Crippen molar-refractivity contribution in [3.63, 3.8) is 0 Å². The van der Waals surface area contributed by atoms with Crippen molar-refractivity contribution in [1.82, 2.24) is 15.8 Å². The third-order valence-corrected chi connectivity index (χ3v) is 6.66. The molecule has 2 heterocycles. The normalized spacial score (nSPS) is 16.2. The fraction of sp³-hybridized carbons (Fsp3) is 0.412. The molecule has 0 radical (unpaired) electrons. The number of nitrogens with one attached hydrogen (secondary N) is 2. The second-order valence-electron chi connectivity index (χ2n) is 6.35. The summed E-state index contributed by atoms with van der Waals surface area (Å²) in [6.07, 6.45) is 3.23. The van der Waals surface area contributed by atoms with E-state index in [9.17, 15) is 9.59 Å². The number of urea groups is 1. The molecule has 0 spiro atoms. The molecule has 8 heteroatoms. The Kier molecular flexibility index (Phi) is 5.66. The zero-order chi connectivity index (χ0) is 18.0. The summed E-state index contributed by atoms with van der Waals surface area (Å²) in [4.78, 5) is 28.8. The monoisotopic (exact) mass is 397 g/mol. The van der Waals surface area contributed by atoms with E-state index in [1.807, 2.05) is 12.1 Å². The Morgan fingerprint density at radius 2 is 2.12 bits per heavy atom. The van der Waals surface area contributed by atoms with Crippen molar-refractivity contribution < 1.29 is 9.59 Å². The minimum atomic E-state index is -0.368. The van der Waals surface area contributed by atoms with Crippen molar-refractivity contribution in [2.45, 2.75) is 32.7 Å². The average molecular weight is 398 g/mol. The van der Waals surface area contributed by atoms with Gasteiger partial charge in [-0.15, -0.1) is 22.7 Å². The van der Waals surface area contributed by atoms with E-state index in [2.05, 4.69) is 17.8 Å². The van der Waals surface area contributed by atoms with Gasteiger partial charge in [0.2, 0.25) is 0 Å². The van der Waals surface area contributed by atoms with E-state index in [0.29, 0.717) is 21.7 Å². The standard InChI is InChI=1S/C17H20ClN3O2S2/c1-10-3-5-13-11(7-10)8-14(25-13)16(22)19-20-17(23)21(2)9-12-4-6-15(18)24-12/h4,6,8,10H,3,5,7,9H2,1-2H3,(H,19,22)(H,20,23). The van der Waals surface area contributed by atoms with Crippen molar-refractivity contribution in [1.29, 1.82) is 0 Å². The summed E-state index contributed by atoms with van der Waals surface area (Å²) >= 11 is 8.84. The molecule has 1 aliphatic carbocycles. The van der Waals surface area contributed by atoms with Crippen molar-refractivity contribution in [3.8, 4) is 0 Å². The average Bonchev–Trinajstić information content (AvgIpc) is 3.17. The van der Waals surface area contributed by atoms with Crippen LogP contribution in [0.5, 0.6) is 0 Å². The molecule has 0 bridgehead atoms. The summed E-state index contributed by atoms with van der Waals surface area (Å²) in [5.74, 6) is 0.394. The zero-order valence-corrected chi connectivity index (χ0v) is 16.5. The van der Waals surface area contributed by atoms with Crippen LogP contribution < -0.4 is 10.9 Å². The van der Waals surface area contributed by atoms with E-state index in [-0.39, 0.29) is 11.9 Å². The number of hydrazine groups is 1. The van der Waals surface area contributed by atoms with E-state index in [0.717, 1.165) is 17.7 Å². The molecule has 1 unspecified atom stereocenters. The number of fused-ring (bicyclic) bond motifs is 1. The summed E-state index contributed by atoms with van der Waals surface area (Å²) in [5, 5.41) is 0. The molecule has 0 saturated heterocycles. The van der Waals surface area contributed by atoms with E-state index < -0.39 is 0 Å². The van der Waals surface area contributed by atoms with Gasteiger partial charge in [-0.25, -0.2) is 10.2 Å². The first-order valence-electron chi connectivity index (χ1n) is 8.09. The van der Waals surface area contributed by atoms with Gasteiger partial charge in [-0.1, -0.05) is 18.5 Å². The molecule has 3 rings (SSSR count). The lowest BCUT2D eigenvalue weighted by Crippen LogP contribution is -2.47. The SMILES string of the molecule is CC1CCc2sc(C(=O)NNC(=O)N(C)Cc3ccc(Cl)s3)cc2C1. The Bertz CT molecular complexity index is 787. The molecule has 0 aliphatic heterocycles. The van der Waals surface area contributed by atoms with Crippen LogP contribution in [0.1, 0.15) is 38.3 Å². The number of rotatable bonds is 3. The Morgan fingerprint density at radius 3 is 2.84 bits per heavy atom. The van der Waals surface area contributed by atoms with Gasteiger partial charge in [0.15, 0.2) is 0 Å². The molecule has 134 valence electrons. The quantitative estimate of drug-likeness (QED) is 0.767. The predicted molar refractivity (Wildman–Crippen MR) is 102 cm³/mol. The van der Waals surface area contributed by atoms with Crippen LogP contribution in [0.25, 0.3) is 0 Å². The molecule has 2 aromatic rings. The summed E-state index contributed by atoms with van der Waals surface area (Å²) in [6, 6.07) is 5.27. The number of hydrogen-bond donors (Lipinski definition) is 2. The Morgan fingerprint density at radius 1 is 1.32 bits per heavy atom. The van der Waals surface area contributed by atoms with Gasteiger partial charge in [0.05, 0.1) is 15.8 Å². The number of carbonyl (C=O) groups excluding carboxylic acids is 2. The maximum Gasteiger partial charge on any atom is 0.336 e. The first-order chi connectivity index (χ1) is 11.9. The first kappa shape index (κ1) is 18.2. The number of halogens is 1. The minimum Gasteiger partial charge on any atom is -0.321 e. The Labute approximate surface area is 160 Å². The van der Waals surface area contributed by atoms with Crippen LogP contribution in [-0.2, 0) is 19.4 Å². The molecular formula is C17H20ClN3O2S2. The fourth-order valence-corrected chi connectivity index (χ4v) is 5.07. The largest absolute Gasteiger partial charge is 0.336 e. The van der Waals surface area contributed by atoms with Crippen LogP contribution in [0, 0.1) is 5.92 Å². The summed E-state index contributed by atoms with van der Waals surface area (Å²) in [6.45, 7) is 2.67. The summed E-state index contributed by atoms with van der Waals surface area (Å²) in [5.41, 5.74) is 6.23. The number of hydrogen-bond acceptors (Lipinski definition) is 4. The molecule has 1 aliphatic rings. The van der Waals surface area contributed by atoms with E-state index >= 15 is 0 Å². The highest BCUT2D eigenvalue weighted by Gasteiger charge is 2.21. The highest BCUT2D eigenvalue weighted by Crippen LogP contribution is 2.32. The summed E-state index contributed by atoms with van der Waals surface area (Å²) in [7, 11) is 1.67. The number of thiophene rings is 2. The van der Waals surface area contributed by atoms with Gasteiger partial charge < -0.3 is 4.90 Å². The first-order valence-corrected chi connectivity index (χ1v) is 10.1. The maximum absolute atomic E-state index is 12.3. The number of carbonyl (C=O) groups is 2. The van der Waals surface area contributed by atoms with Gasteiger partial charge >= 0.3 is 6.03 Å². The smallest absolute Gasteiger partial charge is 0.321 e. The molecule has 0 aromatic carbocycles. The van der Waals surface area contributed by atoms with Crippen LogP contribution >= 0.6 is 34.3 Å².